The normalized spacial score (nSPS) is 10.4. The fourth-order valence-electron chi connectivity index (χ4n) is 1.71. The summed E-state index contributed by atoms with van der Waals surface area (Å²) in [5.41, 5.74) is 11.7. The average Bonchev–Trinajstić information content (AvgIpc) is 2.26. The Hall–Kier alpha value is -2.04. The first kappa shape index (κ1) is 14.0. The number of benzene rings is 1. The van der Waals surface area contributed by atoms with Gasteiger partial charge in [0.1, 0.15) is 0 Å². The van der Waals surface area contributed by atoms with Crippen molar-refractivity contribution in [3.8, 4) is 0 Å². The van der Waals surface area contributed by atoms with E-state index in [1.54, 1.807) is 24.3 Å². The Labute approximate surface area is 107 Å². The molecule has 1 aromatic carbocycles. The number of amides is 2. The summed E-state index contributed by atoms with van der Waals surface area (Å²) in [4.78, 5) is 24.7. The minimum atomic E-state index is -0.529. The number of nitrogen functional groups attached to an aromatic ring is 1. The molecule has 5 nitrogen and oxygen atoms in total. The first-order valence-corrected chi connectivity index (χ1v) is 5.84. The Balaban J connectivity index is 2.95. The molecule has 0 aromatic heterocycles. The van der Waals surface area contributed by atoms with Crippen LogP contribution in [0.5, 0.6) is 0 Å². The van der Waals surface area contributed by atoms with Crippen LogP contribution in [0.1, 0.15) is 24.2 Å². The molecule has 4 N–H and O–H groups in total. The van der Waals surface area contributed by atoms with E-state index in [-0.39, 0.29) is 18.4 Å². The molecule has 2 amide bonds. The molecule has 0 aliphatic heterocycles. The minimum Gasteiger partial charge on any atom is -0.398 e. The maximum atomic E-state index is 12.3. The van der Waals surface area contributed by atoms with Crippen molar-refractivity contribution in [2.45, 2.75) is 13.8 Å². The summed E-state index contributed by atoms with van der Waals surface area (Å²) in [6.45, 7) is 4.31. The standard InChI is InChI=1S/C13H19N3O2/c1-9(2)7-16(8-12(15)17)13(18)10-5-3-4-6-11(10)14/h3-6,9H,7-8,14H2,1-2H3,(H2,15,17). The molecule has 98 valence electrons. The maximum absolute atomic E-state index is 12.3. The number of para-hydroxylation sites is 1. The van der Waals surface area contributed by atoms with Gasteiger partial charge in [-0.15, -0.1) is 0 Å². The molecule has 1 rings (SSSR count). The molecule has 0 saturated heterocycles. The second-order valence-electron chi connectivity index (χ2n) is 4.63. The first-order valence-electron chi connectivity index (χ1n) is 5.84. The van der Waals surface area contributed by atoms with Crippen molar-refractivity contribution in [1.82, 2.24) is 4.90 Å². The highest BCUT2D eigenvalue weighted by molar-refractivity contribution is 6.00. The molecule has 0 bridgehead atoms. The highest BCUT2D eigenvalue weighted by Gasteiger charge is 2.20. The number of carbonyl (C=O) groups excluding carboxylic acids is 2. The van der Waals surface area contributed by atoms with Gasteiger partial charge in [-0.1, -0.05) is 26.0 Å². The quantitative estimate of drug-likeness (QED) is 0.758. The van der Waals surface area contributed by atoms with Crippen molar-refractivity contribution in [3.05, 3.63) is 29.8 Å². The average molecular weight is 249 g/mol. The van der Waals surface area contributed by atoms with Gasteiger partial charge in [0.25, 0.3) is 5.91 Å². The lowest BCUT2D eigenvalue weighted by Crippen LogP contribution is -2.40. The van der Waals surface area contributed by atoms with E-state index in [4.69, 9.17) is 11.5 Å². The van der Waals surface area contributed by atoms with Crippen LogP contribution in [0.4, 0.5) is 5.69 Å². The van der Waals surface area contributed by atoms with Crippen LogP contribution in [0.25, 0.3) is 0 Å². The van der Waals surface area contributed by atoms with Crippen LogP contribution in [0.2, 0.25) is 0 Å². The molecule has 0 fully saturated rings. The Morgan fingerprint density at radius 2 is 1.89 bits per heavy atom. The first-order chi connectivity index (χ1) is 8.41. The van der Waals surface area contributed by atoms with E-state index in [0.29, 0.717) is 17.8 Å². The predicted octanol–water partition coefficient (Wildman–Crippen LogP) is 0.852. The van der Waals surface area contributed by atoms with E-state index in [2.05, 4.69) is 0 Å². The second-order valence-corrected chi connectivity index (χ2v) is 4.63. The smallest absolute Gasteiger partial charge is 0.256 e. The molecule has 0 saturated carbocycles. The van der Waals surface area contributed by atoms with Gasteiger partial charge in [0.15, 0.2) is 0 Å². The third-order valence-corrected chi connectivity index (χ3v) is 2.41. The summed E-state index contributed by atoms with van der Waals surface area (Å²) < 4.78 is 0. The minimum absolute atomic E-state index is 0.0919. The molecule has 0 atom stereocenters. The van der Waals surface area contributed by atoms with Crippen molar-refractivity contribution in [2.24, 2.45) is 11.7 Å². The van der Waals surface area contributed by atoms with Gasteiger partial charge in [-0.05, 0) is 18.1 Å². The molecular formula is C13H19N3O2. The molecule has 18 heavy (non-hydrogen) atoms. The zero-order chi connectivity index (χ0) is 13.7. The van der Waals surface area contributed by atoms with Crippen LogP contribution >= 0.6 is 0 Å². The fourth-order valence-corrected chi connectivity index (χ4v) is 1.71. The Morgan fingerprint density at radius 1 is 1.28 bits per heavy atom. The Kier molecular flexibility index (Phi) is 4.71. The van der Waals surface area contributed by atoms with Crippen molar-refractivity contribution in [3.63, 3.8) is 0 Å². The molecule has 0 aliphatic carbocycles. The highest BCUT2D eigenvalue weighted by atomic mass is 16.2. The fraction of sp³-hybridized carbons (Fsp3) is 0.385. The van der Waals surface area contributed by atoms with Crippen LogP contribution in [-0.4, -0.2) is 29.8 Å². The molecule has 1 aromatic rings. The lowest BCUT2D eigenvalue weighted by atomic mass is 10.1. The third kappa shape index (κ3) is 3.76. The summed E-state index contributed by atoms with van der Waals surface area (Å²) in [7, 11) is 0. The maximum Gasteiger partial charge on any atom is 0.256 e. The number of carbonyl (C=O) groups is 2. The Morgan fingerprint density at radius 3 is 2.39 bits per heavy atom. The van der Waals surface area contributed by atoms with Gasteiger partial charge < -0.3 is 16.4 Å². The molecule has 0 unspecified atom stereocenters. The van der Waals surface area contributed by atoms with Crippen LogP contribution in [0.3, 0.4) is 0 Å². The summed E-state index contributed by atoms with van der Waals surface area (Å²) in [6, 6.07) is 6.80. The number of anilines is 1. The number of primary amides is 1. The lowest BCUT2D eigenvalue weighted by molar-refractivity contribution is -0.118. The molecular weight excluding hydrogens is 230 g/mol. The summed E-state index contributed by atoms with van der Waals surface area (Å²) in [5, 5.41) is 0. The van der Waals surface area contributed by atoms with Crippen molar-refractivity contribution in [2.75, 3.05) is 18.8 Å². The van der Waals surface area contributed by atoms with Gasteiger partial charge in [0.2, 0.25) is 5.91 Å². The van der Waals surface area contributed by atoms with E-state index >= 15 is 0 Å². The number of rotatable bonds is 5. The van der Waals surface area contributed by atoms with Crippen LogP contribution in [0, 0.1) is 5.92 Å². The number of hydrogen-bond acceptors (Lipinski definition) is 3. The number of nitrogens with zero attached hydrogens (tertiary/aromatic N) is 1. The molecule has 0 radical (unpaired) electrons. The van der Waals surface area contributed by atoms with E-state index in [1.165, 1.54) is 4.90 Å². The van der Waals surface area contributed by atoms with Gasteiger partial charge in [-0.2, -0.15) is 0 Å². The number of nitrogens with two attached hydrogens (primary N) is 2. The van der Waals surface area contributed by atoms with Crippen LogP contribution in [0.15, 0.2) is 24.3 Å². The van der Waals surface area contributed by atoms with E-state index in [9.17, 15) is 9.59 Å². The highest BCUT2D eigenvalue weighted by Crippen LogP contribution is 2.14. The summed E-state index contributed by atoms with van der Waals surface area (Å²) >= 11 is 0. The second kappa shape index (κ2) is 6.05. The van der Waals surface area contributed by atoms with Gasteiger partial charge >= 0.3 is 0 Å². The van der Waals surface area contributed by atoms with Gasteiger partial charge in [0, 0.05) is 12.2 Å². The van der Waals surface area contributed by atoms with Crippen molar-refractivity contribution >= 4 is 17.5 Å². The molecule has 0 aliphatic rings. The topological polar surface area (TPSA) is 89.4 Å². The zero-order valence-corrected chi connectivity index (χ0v) is 10.7. The van der Waals surface area contributed by atoms with E-state index < -0.39 is 5.91 Å². The largest absolute Gasteiger partial charge is 0.398 e. The van der Waals surface area contributed by atoms with Crippen LogP contribution in [-0.2, 0) is 4.79 Å². The van der Waals surface area contributed by atoms with E-state index in [1.807, 2.05) is 13.8 Å². The predicted molar refractivity (Wildman–Crippen MR) is 70.8 cm³/mol. The molecule has 0 heterocycles. The van der Waals surface area contributed by atoms with Crippen molar-refractivity contribution in [1.29, 1.82) is 0 Å². The molecule has 5 heteroatoms. The monoisotopic (exact) mass is 249 g/mol. The third-order valence-electron chi connectivity index (χ3n) is 2.41. The number of hydrogen-bond donors (Lipinski definition) is 2. The van der Waals surface area contributed by atoms with Gasteiger partial charge in [-0.25, -0.2) is 0 Å². The lowest BCUT2D eigenvalue weighted by Gasteiger charge is -2.23. The Bertz CT molecular complexity index is 444. The SMILES string of the molecule is CC(C)CN(CC(N)=O)C(=O)c1ccccc1N. The molecule has 0 spiro atoms. The van der Waals surface area contributed by atoms with Gasteiger partial charge in [-0.3, -0.25) is 9.59 Å². The van der Waals surface area contributed by atoms with Crippen molar-refractivity contribution < 1.29 is 9.59 Å². The summed E-state index contributed by atoms with van der Waals surface area (Å²) in [6.07, 6.45) is 0. The zero-order valence-electron chi connectivity index (χ0n) is 10.7. The van der Waals surface area contributed by atoms with E-state index in [0.717, 1.165) is 0 Å². The summed E-state index contributed by atoms with van der Waals surface area (Å²) in [5.74, 6) is -0.544. The van der Waals surface area contributed by atoms with Crippen LogP contribution < -0.4 is 11.5 Å². The van der Waals surface area contributed by atoms with Gasteiger partial charge in [0.05, 0.1) is 12.1 Å².